The zero-order valence-corrected chi connectivity index (χ0v) is 27.7. The molecule has 2 aromatic carbocycles. The van der Waals surface area contributed by atoms with Gasteiger partial charge in [0.2, 0.25) is 16.0 Å². The van der Waals surface area contributed by atoms with Crippen molar-refractivity contribution in [2.45, 2.75) is 25.8 Å². The molecule has 3 heterocycles. The van der Waals surface area contributed by atoms with Crippen molar-refractivity contribution < 1.29 is 22.6 Å². The zero-order valence-electron chi connectivity index (χ0n) is 25.3. The molecule has 2 aliphatic rings. The van der Waals surface area contributed by atoms with Gasteiger partial charge < -0.3 is 34.6 Å². The molecule has 5 rings (SSSR count). The average Bonchev–Trinajstić information content (AvgIpc) is 2.98. The second-order valence-corrected chi connectivity index (χ2v) is 13.7. The number of methoxy groups -OCH3 is 1. The first-order chi connectivity index (χ1) is 20.5. The lowest BCUT2D eigenvalue weighted by Gasteiger charge is -2.37. The summed E-state index contributed by atoms with van der Waals surface area (Å²) in [5, 5.41) is 6.55. The average molecular weight is 677 g/mol. The van der Waals surface area contributed by atoms with E-state index in [1.165, 1.54) is 7.05 Å². The van der Waals surface area contributed by atoms with Gasteiger partial charge in [-0.05, 0) is 73.6 Å². The quantitative estimate of drug-likeness (QED) is 0.327. The van der Waals surface area contributed by atoms with Crippen LogP contribution in [0.2, 0.25) is 0 Å². The Bertz CT molecular complexity index is 1600. The minimum absolute atomic E-state index is 0.306. The summed E-state index contributed by atoms with van der Waals surface area (Å²) in [5.74, 6) is 2.26. The number of halogens is 1. The highest BCUT2D eigenvalue weighted by molar-refractivity contribution is 9.10. The number of anilines is 6. The van der Waals surface area contributed by atoms with Gasteiger partial charge in [-0.3, -0.25) is 4.31 Å². The van der Waals surface area contributed by atoms with Crippen molar-refractivity contribution in [2.75, 3.05) is 80.7 Å². The Kier molecular flexibility index (Phi) is 9.09. The molecule has 0 radical (unpaired) electrons. The van der Waals surface area contributed by atoms with Crippen LogP contribution in [-0.4, -0.2) is 90.1 Å². The van der Waals surface area contributed by atoms with Crippen LogP contribution in [0.15, 0.2) is 34.9 Å². The number of benzene rings is 2. The molecule has 0 aliphatic carbocycles. The van der Waals surface area contributed by atoms with E-state index in [9.17, 15) is 8.42 Å². The fourth-order valence-electron chi connectivity index (χ4n) is 5.35. The molecule has 1 saturated heterocycles. The van der Waals surface area contributed by atoms with Crippen LogP contribution in [0.4, 0.5) is 34.5 Å². The molecule has 0 saturated carbocycles. The van der Waals surface area contributed by atoms with Gasteiger partial charge in [-0.25, -0.2) is 13.4 Å². The van der Waals surface area contributed by atoms with E-state index in [1.54, 1.807) is 25.4 Å². The smallest absolute Gasteiger partial charge is 0.232 e. The predicted octanol–water partition coefficient (Wildman–Crippen LogP) is 4.74. The fraction of sp³-hybridized carbons (Fsp3) is 0.448. The van der Waals surface area contributed by atoms with E-state index >= 15 is 0 Å². The Morgan fingerprint density at radius 2 is 1.79 bits per heavy atom. The third-order valence-electron chi connectivity index (χ3n) is 7.79. The number of aromatic nitrogens is 2. The number of rotatable bonds is 9. The minimum atomic E-state index is -3.61. The summed E-state index contributed by atoms with van der Waals surface area (Å²) in [4.78, 5) is 13.9. The van der Waals surface area contributed by atoms with Crippen molar-refractivity contribution >= 4 is 60.5 Å². The highest BCUT2D eigenvalue weighted by Crippen LogP contribution is 2.46. The Morgan fingerprint density at radius 1 is 1.07 bits per heavy atom. The Hall–Kier alpha value is -3.49. The number of fused-ring (bicyclic) bond motifs is 1. The van der Waals surface area contributed by atoms with Crippen LogP contribution in [0.5, 0.6) is 17.2 Å². The molecular weight excluding hydrogens is 638 g/mol. The maximum absolute atomic E-state index is 12.5. The van der Waals surface area contributed by atoms with Crippen molar-refractivity contribution in [3.8, 4) is 17.2 Å². The molecule has 0 atom stereocenters. The summed E-state index contributed by atoms with van der Waals surface area (Å²) in [5.41, 5.74) is 3.80. The van der Waals surface area contributed by atoms with Gasteiger partial charge in [0.1, 0.15) is 30.5 Å². The normalized spacial score (nSPS) is 15.4. The van der Waals surface area contributed by atoms with Crippen LogP contribution in [0.3, 0.4) is 0 Å². The molecule has 2 N–H and O–H groups in total. The number of hydrogen-bond acceptors (Lipinski definition) is 11. The second kappa shape index (κ2) is 12.6. The summed E-state index contributed by atoms with van der Waals surface area (Å²) >= 11 is 3.52. The minimum Gasteiger partial charge on any atom is -0.494 e. The van der Waals surface area contributed by atoms with Crippen LogP contribution < -0.4 is 34.0 Å². The molecule has 0 spiro atoms. The first-order valence-corrected chi connectivity index (χ1v) is 16.6. The van der Waals surface area contributed by atoms with E-state index in [0.29, 0.717) is 64.1 Å². The first-order valence-electron chi connectivity index (χ1n) is 14.0. The number of aryl methyl sites for hydroxylation is 1. The van der Waals surface area contributed by atoms with Crippen molar-refractivity contribution in [1.82, 2.24) is 14.9 Å². The molecular formula is C29H38BrN7O5S. The maximum Gasteiger partial charge on any atom is 0.232 e. The van der Waals surface area contributed by atoms with Gasteiger partial charge in [0.05, 0.1) is 29.2 Å². The largest absolute Gasteiger partial charge is 0.494 e. The molecule has 14 heteroatoms. The van der Waals surface area contributed by atoms with E-state index in [2.05, 4.69) is 73.4 Å². The van der Waals surface area contributed by atoms with Crippen molar-refractivity contribution in [3.63, 3.8) is 0 Å². The topological polar surface area (TPSA) is 121 Å². The van der Waals surface area contributed by atoms with Gasteiger partial charge in [0, 0.05) is 44.1 Å². The number of ether oxygens (including phenoxy) is 3. The zero-order chi connectivity index (χ0) is 30.9. The monoisotopic (exact) mass is 675 g/mol. The molecule has 43 heavy (non-hydrogen) atoms. The van der Waals surface area contributed by atoms with Crippen molar-refractivity contribution in [3.05, 3.63) is 40.5 Å². The lowest BCUT2D eigenvalue weighted by molar-refractivity contribution is 0.172. The number of sulfonamides is 1. The lowest BCUT2D eigenvalue weighted by atomic mass is 10.0. The lowest BCUT2D eigenvalue weighted by Crippen LogP contribution is -2.42. The van der Waals surface area contributed by atoms with Gasteiger partial charge in [0.15, 0.2) is 11.5 Å². The van der Waals surface area contributed by atoms with E-state index in [-0.39, 0.29) is 0 Å². The molecule has 1 fully saturated rings. The van der Waals surface area contributed by atoms with E-state index < -0.39 is 10.0 Å². The number of nitrogens with zero attached hydrogens (tertiary/aromatic N) is 5. The second-order valence-electron chi connectivity index (χ2n) is 10.9. The van der Waals surface area contributed by atoms with Gasteiger partial charge in [-0.2, -0.15) is 4.98 Å². The van der Waals surface area contributed by atoms with Crippen molar-refractivity contribution in [1.29, 1.82) is 0 Å². The predicted molar refractivity (Wildman–Crippen MR) is 174 cm³/mol. The molecule has 0 bridgehead atoms. The molecule has 0 unspecified atom stereocenters. The van der Waals surface area contributed by atoms with Gasteiger partial charge >= 0.3 is 0 Å². The van der Waals surface area contributed by atoms with Crippen LogP contribution in [0, 0.1) is 6.92 Å². The number of nitrogens with one attached hydrogen (secondary N) is 2. The Labute approximate surface area is 261 Å². The summed E-state index contributed by atoms with van der Waals surface area (Å²) in [7, 11) is 3.79. The standard InChI is InChI=1S/C29H38BrN7O5S/c1-18-15-22(25(40-5)16-23(18)37-11-9-19(10-12-37)35(2)3)33-29-31-17-20(30)28(34-29)32-21-7-8-24-27(42-14-13-41-24)26(21)36(4)43(6,38)39/h7-8,15-17,19H,9-14H2,1-6H3,(H2,31,32,33,34). The van der Waals surface area contributed by atoms with Gasteiger partial charge in [0.25, 0.3) is 0 Å². The SMILES string of the molecule is COc1cc(N2CCC(N(C)C)CC2)c(C)cc1Nc1ncc(Br)c(Nc2ccc3c(c2N(C)S(C)(=O)=O)OCCO3)n1. The molecule has 0 amide bonds. The van der Waals surface area contributed by atoms with E-state index in [4.69, 9.17) is 14.2 Å². The highest BCUT2D eigenvalue weighted by Gasteiger charge is 2.27. The molecule has 3 aromatic rings. The first kappa shape index (κ1) is 31.0. The molecule has 2 aliphatic heterocycles. The third kappa shape index (κ3) is 6.70. The van der Waals surface area contributed by atoms with E-state index in [0.717, 1.165) is 53.4 Å². The number of hydrogen-bond donors (Lipinski definition) is 2. The van der Waals surface area contributed by atoms with Crippen LogP contribution >= 0.6 is 15.9 Å². The van der Waals surface area contributed by atoms with Crippen molar-refractivity contribution in [2.24, 2.45) is 0 Å². The van der Waals surface area contributed by atoms with E-state index in [1.807, 2.05) is 6.07 Å². The Balaban J connectivity index is 1.42. The number of piperidine rings is 1. The highest BCUT2D eigenvalue weighted by atomic mass is 79.9. The van der Waals surface area contributed by atoms with Gasteiger partial charge in [-0.1, -0.05) is 0 Å². The molecule has 1 aromatic heterocycles. The summed E-state index contributed by atoms with van der Waals surface area (Å²) in [6, 6.07) is 8.18. The van der Waals surface area contributed by atoms with Crippen LogP contribution in [0.25, 0.3) is 0 Å². The molecule has 12 nitrogen and oxygen atoms in total. The van der Waals surface area contributed by atoms with Crippen LogP contribution in [0.1, 0.15) is 18.4 Å². The van der Waals surface area contributed by atoms with Crippen LogP contribution in [-0.2, 0) is 10.0 Å². The molecule has 232 valence electrons. The van der Waals surface area contributed by atoms with Gasteiger partial charge in [-0.15, -0.1) is 0 Å². The summed E-state index contributed by atoms with van der Waals surface area (Å²) in [6.07, 6.45) is 4.98. The fourth-order valence-corrected chi connectivity index (χ4v) is 6.15. The summed E-state index contributed by atoms with van der Waals surface area (Å²) in [6.45, 7) is 4.75. The maximum atomic E-state index is 12.5. The summed E-state index contributed by atoms with van der Waals surface area (Å²) < 4.78 is 44.1. The Morgan fingerprint density at radius 3 is 2.47 bits per heavy atom. The third-order valence-corrected chi connectivity index (χ3v) is 9.55.